The number of piperidine rings is 1. The minimum atomic E-state index is -3.97. The van der Waals surface area contributed by atoms with Gasteiger partial charge in [0.05, 0.1) is 52.8 Å². The first-order valence-electron chi connectivity index (χ1n) is 24.3. The summed E-state index contributed by atoms with van der Waals surface area (Å²) in [7, 11) is -3.97. The van der Waals surface area contributed by atoms with E-state index in [1.807, 2.05) is 45.0 Å². The number of para-hydroxylation sites is 1. The van der Waals surface area contributed by atoms with E-state index in [4.69, 9.17) is 19.2 Å². The van der Waals surface area contributed by atoms with Crippen LogP contribution in [0.1, 0.15) is 130 Å². The highest BCUT2D eigenvalue weighted by molar-refractivity contribution is 7.91. The molecule has 6 aliphatic rings. The normalized spacial score (nSPS) is 30.2. The lowest BCUT2D eigenvalue weighted by atomic mass is 9.77. The van der Waals surface area contributed by atoms with Gasteiger partial charge in [0.25, 0.3) is 0 Å². The molecule has 7 atom stereocenters. The van der Waals surface area contributed by atoms with Crippen LogP contribution in [0, 0.1) is 28.6 Å². The summed E-state index contributed by atoms with van der Waals surface area (Å²) in [6.07, 6.45) is 15.3. The molecule has 14 heteroatoms. The van der Waals surface area contributed by atoms with E-state index in [9.17, 15) is 22.8 Å². The van der Waals surface area contributed by atoms with Crippen LogP contribution in [0.25, 0.3) is 10.9 Å². The molecule has 0 radical (unpaired) electrons. The number of hydrogen-bond donors (Lipinski definition) is 1. The Morgan fingerprint density at radius 2 is 1.80 bits per heavy atom. The number of esters is 1. The van der Waals surface area contributed by atoms with Crippen LogP contribution in [-0.2, 0) is 40.4 Å². The standard InChI is InChI=1S/C51H70N4O9S/c1-6-35-31-51(35,48(59)53-65(60,61)50(5)23-24-50)32-42(56)41-29-36-33-55(41)47(58)39(49(2,3)4)30-44(57)64-43-22-15-18-34(43)17-9-7-10-20-38-45(62-28-16-27-54-25-13-8-14-26-54)37-19-11-12-21-40(37)52-46(38)63-36/h6-7,10-12,19,21,34-36,39,41,43H,1,8-9,13-18,20,22-33H2,2-5H3,(H,53,59)/b10-7+/t34-,35-,36-,39-,41+,43-,51-/m1/s1. The van der Waals surface area contributed by atoms with E-state index in [0.29, 0.717) is 43.0 Å². The number of aromatic nitrogens is 1. The summed E-state index contributed by atoms with van der Waals surface area (Å²) in [5.74, 6) is -1.83. The molecular weight excluding hydrogens is 845 g/mol. The maximum Gasteiger partial charge on any atom is 0.306 e. The molecule has 354 valence electrons. The van der Waals surface area contributed by atoms with E-state index in [0.717, 1.165) is 69.1 Å². The number of ether oxygens (including phenoxy) is 3. The molecule has 13 nitrogen and oxygen atoms in total. The summed E-state index contributed by atoms with van der Waals surface area (Å²) in [5, 5.41) is 0.880. The first-order chi connectivity index (χ1) is 31.0. The molecule has 3 aliphatic carbocycles. The number of nitrogens with zero attached hydrogens (tertiary/aromatic N) is 3. The second kappa shape index (κ2) is 19.1. The number of pyridine rings is 1. The largest absolute Gasteiger partial charge is 0.492 e. The van der Waals surface area contributed by atoms with Gasteiger partial charge in [0.2, 0.25) is 27.7 Å². The van der Waals surface area contributed by atoms with Gasteiger partial charge in [0.1, 0.15) is 18.0 Å². The number of hydrogen-bond acceptors (Lipinski definition) is 11. The number of carbonyl (C=O) groups is 4. The maximum absolute atomic E-state index is 15.1. The zero-order valence-electron chi connectivity index (χ0n) is 39.0. The van der Waals surface area contributed by atoms with Gasteiger partial charge in [-0.2, -0.15) is 0 Å². The monoisotopic (exact) mass is 914 g/mol. The third kappa shape index (κ3) is 10.3. The van der Waals surface area contributed by atoms with Crippen LogP contribution in [0.4, 0.5) is 0 Å². The second-order valence-electron chi connectivity index (χ2n) is 21.2. The summed E-state index contributed by atoms with van der Waals surface area (Å²) in [6.45, 7) is 15.0. The molecule has 2 amide bonds. The van der Waals surface area contributed by atoms with E-state index < -0.39 is 61.5 Å². The average Bonchev–Trinajstić information content (AvgIpc) is 4.09. The summed E-state index contributed by atoms with van der Waals surface area (Å²) in [6, 6.07) is 6.85. The molecule has 2 saturated heterocycles. The number of rotatable bonds is 12. The Bertz CT molecular complexity index is 2280. The zero-order chi connectivity index (χ0) is 46.1. The van der Waals surface area contributed by atoms with Crippen LogP contribution in [0.15, 0.2) is 49.1 Å². The molecule has 1 aromatic heterocycles. The number of ketones is 1. The SMILES string of the molecule is C=C[C@@H]1C[C@]1(CC(=O)[C@@H]1C[C@@H]2CN1C(=O)[C@H](C(C)(C)C)CC(=O)O[C@@H]1CCC[C@H]1CC/C=C/Cc1c(nc3ccccc3c1OCCCN1CCCCC1)O2)C(=O)NS(=O)(=O)C1(C)CC1. The number of benzene rings is 1. The number of fused-ring (bicyclic) bond motifs is 5. The number of amides is 2. The molecule has 3 saturated carbocycles. The summed E-state index contributed by atoms with van der Waals surface area (Å²) >= 11 is 0. The van der Waals surface area contributed by atoms with E-state index >= 15 is 4.79 Å². The van der Waals surface area contributed by atoms with Crippen molar-refractivity contribution in [2.24, 2.45) is 28.6 Å². The minimum absolute atomic E-state index is 0.0359. The van der Waals surface area contributed by atoms with Crippen molar-refractivity contribution in [3.05, 3.63) is 54.6 Å². The van der Waals surface area contributed by atoms with Gasteiger partial charge in [0, 0.05) is 24.8 Å². The van der Waals surface area contributed by atoms with Crippen LogP contribution < -0.4 is 14.2 Å². The lowest BCUT2D eigenvalue weighted by Crippen LogP contribution is -2.49. The topological polar surface area (TPSA) is 162 Å². The molecule has 3 aliphatic heterocycles. The predicted octanol–water partition coefficient (Wildman–Crippen LogP) is 7.64. The molecule has 2 aromatic rings. The molecule has 4 heterocycles. The van der Waals surface area contributed by atoms with Crippen molar-refractivity contribution in [3.63, 3.8) is 0 Å². The van der Waals surface area contributed by atoms with E-state index in [1.165, 1.54) is 24.2 Å². The fourth-order valence-electron chi connectivity index (χ4n) is 10.7. The highest BCUT2D eigenvalue weighted by Crippen LogP contribution is 2.57. The highest BCUT2D eigenvalue weighted by atomic mass is 32.2. The lowest BCUT2D eigenvalue weighted by molar-refractivity contribution is -0.158. The van der Waals surface area contributed by atoms with Gasteiger partial charge in [-0.3, -0.25) is 23.9 Å². The summed E-state index contributed by atoms with van der Waals surface area (Å²) in [4.78, 5) is 66.8. The van der Waals surface area contributed by atoms with Crippen molar-refractivity contribution < 1.29 is 41.8 Å². The van der Waals surface area contributed by atoms with E-state index in [-0.39, 0.29) is 55.9 Å². The highest BCUT2D eigenvalue weighted by Gasteiger charge is 2.62. The third-order valence-electron chi connectivity index (χ3n) is 15.4. The molecule has 1 N–H and O–H groups in total. The smallest absolute Gasteiger partial charge is 0.306 e. The second-order valence-corrected chi connectivity index (χ2v) is 23.3. The quantitative estimate of drug-likeness (QED) is 0.127. The number of Topliss-reactive ketones (excluding diaryl/α,β-unsaturated/α-hetero) is 1. The number of nitrogens with one attached hydrogen (secondary N) is 1. The van der Waals surface area contributed by atoms with Gasteiger partial charge in [-0.25, -0.2) is 13.4 Å². The summed E-state index contributed by atoms with van der Waals surface area (Å²) < 4.78 is 47.6. The van der Waals surface area contributed by atoms with Gasteiger partial charge in [-0.1, -0.05) is 57.6 Å². The fraction of sp³-hybridized carbons (Fsp3) is 0.667. The average molecular weight is 915 g/mol. The van der Waals surface area contributed by atoms with Crippen LogP contribution in [0.5, 0.6) is 11.6 Å². The molecule has 0 spiro atoms. The third-order valence-corrected chi connectivity index (χ3v) is 17.5. The summed E-state index contributed by atoms with van der Waals surface area (Å²) in [5.41, 5.74) is -0.510. The van der Waals surface area contributed by atoms with Crippen molar-refractivity contribution >= 4 is 44.5 Å². The Hall–Kier alpha value is -4.30. The minimum Gasteiger partial charge on any atom is -0.492 e. The van der Waals surface area contributed by atoms with Gasteiger partial charge in [-0.15, -0.1) is 6.58 Å². The fourth-order valence-corrected chi connectivity index (χ4v) is 12.1. The van der Waals surface area contributed by atoms with Crippen molar-refractivity contribution in [1.29, 1.82) is 0 Å². The first-order valence-corrected chi connectivity index (χ1v) is 25.8. The molecule has 5 fully saturated rings. The van der Waals surface area contributed by atoms with Gasteiger partial charge in [0.15, 0.2) is 5.78 Å². The Balaban J connectivity index is 1.13. The number of allylic oxidation sites excluding steroid dienone is 3. The molecule has 65 heavy (non-hydrogen) atoms. The Labute approximate surface area is 385 Å². The number of carbonyl (C=O) groups excluding carboxylic acids is 4. The van der Waals surface area contributed by atoms with Crippen molar-refractivity contribution in [1.82, 2.24) is 19.5 Å². The van der Waals surface area contributed by atoms with E-state index in [2.05, 4.69) is 28.4 Å². The molecule has 1 aromatic carbocycles. The van der Waals surface area contributed by atoms with Crippen LogP contribution in [0.2, 0.25) is 0 Å². The maximum atomic E-state index is 15.1. The number of likely N-dealkylation sites (tertiary alicyclic amines) is 1. The Kier molecular flexibility index (Phi) is 13.9. The number of sulfonamides is 1. The lowest BCUT2D eigenvalue weighted by Gasteiger charge is -2.35. The van der Waals surface area contributed by atoms with E-state index in [1.54, 1.807) is 13.0 Å². The molecule has 2 bridgehead atoms. The van der Waals surface area contributed by atoms with Crippen LogP contribution in [-0.4, -0.2) is 103 Å². The van der Waals surface area contributed by atoms with Crippen LogP contribution in [0.3, 0.4) is 0 Å². The molecule has 0 unspecified atom stereocenters. The molecular formula is C51H70N4O9S. The zero-order valence-corrected chi connectivity index (χ0v) is 39.8. The van der Waals surface area contributed by atoms with Crippen molar-refractivity contribution in [2.75, 3.05) is 32.8 Å². The Morgan fingerprint density at radius 1 is 1.03 bits per heavy atom. The van der Waals surface area contributed by atoms with Crippen molar-refractivity contribution in [3.8, 4) is 11.6 Å². The van der Waals surface area contributed by atoms with Gasteiger partial charge >= 0.3 is 5.97 Å². The van der Waals surface area contributed by atoms with Crippen LogP contribution >= 0.6 is 0 Å². The van der Waals surface area contributed by atoms with Crippen molar-refractivity contribution in [2.45, 2.75) is 153 Å². The Morgan fingerprint density at radius 3 is 2.52 bits per heavy atom. The predicted molar refractivity (Wildman–Crippen MR) is 249 cm³/mol. The van der Waals surface area contributed by atoms with Gasteiger partial charge in [-0.05, 0) is 126 Å². The first kappa shape index (κ1) is 47.2. The molecule has 8 rings (SSSR count). The van der Waals surface area contributed by atoms with Gasteiger partial charge < -0.3 is 24.0 Å².